The van der Waals surface area contributed by atoms with Crippen molar-refractivity contribution in [2.24, 2.45) is 5.92 Å². The summed E-state index contributed by atoms with van der Waals surface area (Å²) in [7, 11) is 1.74. The van der Waals surface area contributed by atoms with Crippen molar-refractivity contribution < 1.29 is 4.74 Å². The first-order valence-corrected chi connectivity index (χ1v) is 7.17. The highest BCUT2D eigenvalue weighted by atomic mass is 16.5. The molecule has 0 aliphatic heterocycles. The summed E-state index contributed by atoms with van der Waals surface area (Å²) in [6, 6.07) is 0.544. The normalized spacial score (nSPS) is 14.8. The van der Waals surface area contributed by atoms with E-state index in [9.17, 15) is 0 Å². The van der Waals surface area contributed by atoms with Gasteiger partial charge in [0.1, 0.15) is 0 Å². The molecule has 2 N–H and O–H groups in total. The zero-order valence-electron chi connectivity index (χ0n) is 12.2. The van der Waals surface area contributed by atoms with E-state index in [2.05, 4.69) is 31.4 Å². The van der Waals surface area contributed by atoms with Gasteiger partial charge in [-0.25, -0.2) is 0 Å². The Morgan fingerprint density at radius 2 is 1.94 bits per heavy atom. The van der Waals surface area contributed by atoms with E-state index in [4.69, 9.17) is 4.74 Å². The molecular formula is C14H32N2O. The molecule has 0 aliphatic rings. The highest BCUT2D eigenvalue weighted by Crippen LogP contribution is 2.11. The number of nitrogens with one attached hydrogen (secondary N) is 2. The fraction of sp³-hybridized carbons (Fsp3) is 1.00. The number of ether oxygens (including phenoxy) is 1. The van der Waals surface area contributed by atoms with E-state index in [-0.39, 0.29) is 0 Å². The van der Waals surface area contributed by atoms with Gasteiger partial charge >= 0.3 is 0 Å². The van der Waals surface area contributed by atoms with Crippen LogP contribution in [0.15, 0.2) is 0 Å². The van der Waals surface area contributed by atoms with Crippen molar-refractivity contribution in [1.82, 2.24) is 10.6 Å². The maximum Gasteiger partial charge on any atom is 0.0587 e. The average molecular weight is 244 g/mol. The molecule has 0 fully saturated rings. The van der Waals surface area contributed by atoms with E-state index < -0.39 is 0 Å². The lowest BCUT2D eigenvalue weighted by atomic mass is 9.99. The molecule has 0 radical (unpaired) electrons. The molecule has 0 aromatic heterocycles. The van der Waals surface area contributed by atoms with Gasteiger partial charge in [-0.3, -0.25) is 0 Å². The molecule has 0 aliphatic carbocycles. The van der Waals surface area contributed by atoms with Gasteiger partial charge in [0.05, 0.1) is 6.61 Å². The van der Waals surface area contributed by atoms with Crippen molar-refractivity contribution in [2.75, 3.05) is 33.4 Å². The summed E-state index contributed by atoms with van der Waals surface area (Å²) in [6.45, 7) is 10.7. The number of methoxy groups -OCH3 is 1. The quantitative estimate of drug-likeness (QED) is 0.517. The van der Waals surface area contributed by atoms with Crippen molar-refractivity contribution >= 4 is 0 Å². The number of hydrogen-bond donors (Lipinski definition) is 2. The highest BCUT2D eigenvalue weighted by molar-refractivity contribution is 4.68. The molecule has 0 amide bonds. The Morgan fingerprint density at radius 3 is 2.53 bits per heavy atom. The minimum Gasteiger partial charge on any atom is -0.383 e. The van der Waals surface area contributed by atoms with Crippen molar-refractivity contribution in [3.63, 3.8) is 0 Å². The van der Waals surface area contributed by atoms with Crippen molar-refractivity contribution in [2.45, 2.75) is 52.5 Å². The molecule has 2 unspecified atom stereocenters. The predicted molar refractivity (Wildman–Crippen MR) is 75.5 cm³/mol. The number of hydrogen-bond acceptors (Lipinski definition) is 3. The van der Waals surface area contributed by atoms with E-state index in [1.165, 1.54) is 25.7 Å². The second kappa shape index (κ2) is 12.3. The molecule has 17 heavy (non-hydrogen) atoms. The van der Waals surface area contributed by atoms with E-state index in [1.807, 2.05) is 0 Å². The fourth-order valence-electron chi connectivity index (χ4n) is 1.88. The summed E-state index contributed by atoms with van der Waals surface area (Å²) in [6.07, 6.45) is 5.33. The Hall–Kier alpha value is -0.120. The fourth-order valence-corrected chi connectivity index (χ4v) is 1.88. The van der Waals surface area contributed by atoms with Crippen LogP contribution in [0.3, 0.4) is 0 Å². The van der Waals surface area contributed by atoms with Gasteiger partial charge in [0.2, 0.25) is 0 Å². The topological polar surface area (TPSA) is 33.3 Å². The number of rotatable bonds is 12. The monoisotopic (exact) mass is 244 g/mol. The Kier molecular flexibility index (Phi) is 12.3. The molecule has 0 aromatic carbocycles. The molecule has 3 nitrogen and oxygen atoms in total. The van der Waals surface area contributed by atoms with Crippen LogP contribution in [0.2, 0.25) is 0 Å². The third-order valence-corrected chi connectivity index (χ3v) is 3.23. The molecule has 0 bridgehead atoms. The van der Waals surface area contributed by atoms with Crippen molar-refractivity contribution in [3.05, 3.63) is 0 Å². The van der Waals surface area contributed by atoms with Gasteiger partial charge in [-0.2, -0.15) is 0 Å². The minimum absolute atomic E-state index is 0.544. The zero-order chi connectivity index (χ0) is 12.9. The van der Waals surface area contributed by atoms with Gasteiger partial charge in [-0.15, -0.1) is 0 Å². The Balaban J connectivity index is 3.48. The lowest BCUT2D eigenvalue weighted by Crippen LogP contribution is -2.39. The van der Waals surface area contributed by atoms with E-state index in [1.54, 1.807) is 7.11 Å². The largest absolute Gasteiger partial charge is 0.383 e. The summed E-state index contributed by atoms with van der Waals surface area (Å²) in [5.74, 6) is 0.844. The maximum absolute atomic E-state index is 5.00. The average Bonchev–Trinajstić information content (AvgIpc) is 2.35. The summed E-state index contributed by atoms with van der Waals surface area (Å²) in [5, 5.41) is 7.00. The summed E-state index contributed by atoms with van der Waals surface area (Å²) >= 11 is 0. The van der Waals surface area contributed by atoms with Gasteiger partial charge in [0.25, 0.3) is 0 Å². The van der Waals surface area contributed by atoms with E-state index in [0.717, 1.165) is 32.2 Å². The Morgan fingerprint density at radius 1 is 1.18 bits per heavy atom. The molecule has 0 saturated carbocycles. The minimum atomic E-state index is 0.544. The second-order valence-electron chi connectivity index (χ2n) is 4.92. The zero-order valence-corrected chi connectivity index (χ0v) is 12.2. The lowest BCUT2D eigenvalue weighted by Gasteiger charge is -2.20. The molecular weight excluding hydrogens is 212 g/mol. The van der Waals surface area contributed by atoms with E-state index >= 15 is 0 Å². The van der Waals surface area contributed by atoms with Crippen LogP contribution in [0.1, 0.15) is 46.5 Å². The third kappa shape index (κ3) is 10.7. The van der Waals surface area contributed by atoms with Gasteiger partial charge in [0.15, 0.2) is 0 Å². The molecule has 3 heteroatoms. The van der Waals surface area contributed by atoms with Crippen LogP contribution in [0.4, 0.5) is 0 Å². The Labute approximate surface area is 108 Å². The molecule has 0 spiro atoms. The second-order valence-corrected chi connectivity index (χ2v) is 4.92. The van der Waals surface area contributed by atoms with Crippen LogP contribution < -0.4 is 10.6 Å². The smallest absolute Gasteiger partial charge is 0.0587 e. The van der Waals surface area contributed by atoms with E-state index in [0.29, 0.717) is 6.04 Å². The Bertz CT molecular complexity index is 153. The molecule has 0 heterocycles. The maximum atomic E-state index is 5.00. The van der Waals surface area contributed by atoms with Crippen LogP contribution in [0.5, 0.6) is 0 Å². The van der Waals surface area contributed by atoms with Crippen LogP contribution in [0.25, 0.3) is 0 Å². The number of unbranched alkanes of at least 4 members (excludes halogenated alkanes) is 1. The molecule has 104 valence electrons. The molecule has 0 aromatic rings. The molecule has 0 rings (SSSR count). The molecule has 2 atom stereocenters. The van der Waals surface area contributed by atoms with Crippen LogP contribution in [-0.4, -0.2) is 39.4 Å². The first kappa shape index (κ1) is 16.9. The highest BCUT2D eigenvalue weighted by Gasteiger charge is 2.07. The van der Waals surface area contributed by atoms with Gasteiger partial charge in [-0.1, -0.05) is 33.1 Å². The third-order valence-electron chi connectivity index (χ3n) is 3.23. The van der Waals surface area contributed by atoms with Gasteiger partial charge in [-0.05, 0) is 25.8 Å². The first-order valence-electron chi connectivity index (χ1n) is 7.17. The predicted octanol–water partition coefficient (Wildman–Crippen LogP) is 2.42. The summed E-state index contributed by atoms with van der Waals surface area (Å²) in [5.41, 5.74) is 0. The SMILES string of the molecule is CCCCC(CC)CNC(C)CNCCOC. The van der Waals surface area contributed by atoms with Crippen molar-refractivity contribution in [1.29, 1.82) is 0 Å². The van der Waals surface area contributed by atoms with Crippen molar-refractivity contribution in [3.8, 4) is 0 Å². The lowest BCUT2D eigenvalue weighted by molar-refractivity contribution is 0.198. The van der Waals surface area contributed by atoms with Gasteiger partial charge < -0.3 is 15.4 Å². The van der Waals surface area contributed by atoms with Gasteiger partial charge in [0, 0.05) is 26.2 Å². The van der Waals surface area contributed by atoms with Crippen LogP contribution >= 0.6 is 0 Å². The van der Waals surface area contributed by atoms with Crippen LogP contribution in [-0.2, 0) is 4.74 Å². The standard InChI is InChI=1S/C14H32N2O/c1-5-7-8-14(6-2)12-16-13(3)11-15-9-10-17-4/h13-16H,5-12H2,1-4H3. The first-order chi connectivity index (χ1) is 8.24. The van der Waals surface area contributed by atoms with Crippen LogP contribution in [0, 0.1) is 5.92 Å². The summed E-state index contributed by atoms with van der Waals surface area (Å²) < 4.78 is 5.00. The molecule has 0 saturated heterocycles. The summed E-state index contributed by atoms with van der Waals surface area (Å²) in [4.78, 5) is 0.